The fourth-order valence-electron chi connectivity index (χ4n) is 2.46. The van der Waals surface area contributed by atoms with Crippen LogP contribution < -0.4 is 5.32 Å². The molecule has 0 aromatic heterocycles. The molecular formula is C14H24N2O4. The molecule has 114 valence electrons. The van der Waals surface area contributed by atoms with Gasteiger partial charge in [0.2, 0.25) is 11.8 Å². The van der Waals surface area contributed by atoms with Crippen LogP contribution in [0.25, 0.3) is 0 Å². The normalized spacial score (nSPS) is 23.3. The molecule has 0 radical (unpaired) electrons. The predicted octanol–water partition coefficient (Wildman–Crippen LogP) is 0.574. The third kappa shape index (κ3) is 3.49. The van der Waals surface area contributed by atoms with Crippen molar-refractivity contribution in [1.29, 1.82) is 0 Å². The average Bonchev–Trinajstić information content (AvgIpc) is 2.88. The minimum Gasteiger partial charge on any atom is -0.481 e. The van der Waals surface area contributed by atoms with Crippen molar-refractivity contribution in [2.24, 2.45) is 23.2 Å². The Morgan fingerprint density at radius 2 is 1.80 bits per heavy atom. The lowest BCUT2D eigenvalue weighted by Gasteiger charge is -2.18. The van der Waals surface area contributed by atoms with Crippen LogP contribution in [0.3, 0.4) is 0 Å². The fourth-order valence-corrected chi connectivity index (χ4v) is 2.46. The second-order valence-electron chi connectivity index (χ2n) is 6.51. The molecule has 1 rings (SSSR count). The van der Waals surface area contributed by atoms with Crippen LogP contribution in [0.4, 0.5) is 0 Å². The van der Waals surface area contributed by atoms with E-state index in [0.717, 1.165) is 0 Å². The number of amides is 2. The zero-order valence-electron chi connectivity index (χ0n) is 12.8. The van der Waals surface area contributed by atoms with Crippen molar-refractivity contribution in [3.05, 3.63) is 0 Å². The third-order valence-electron chi connectivity index (χ3n) is 3.82. The van der Waals surface area contributed by atoms with Gasteiger partial charge in [-0.15, -0.1) is 0 Å². The first-order valence-corrected chi connectivity index (χ1v) is 6.83. The summed E-state index contributed by atoms with van der Waals surface area (Å²) in [5.74, 6) is -2.30. The lowest BCUT2D eigenvalue weighted by atomic mass is 10.1. The smallest absolute Gasteiger partial charge is 0.307 e. The maximum absolute atomic E-state index is 12.2. The summed E-state index contributed by atoms with van der Waals surface area (Å²) in [7, 11) is 1.53. The van der Waals surface area contributed by atoms with Crippen LogP contribution in [0.2, 0.25) is 0 Å². The molecule has 0 bridgehead atoms. The highest BCUT2D eigenvalue weighted by atomic mass is 16.4. The molecule has 1 aliphatic carbocycles. The number of hydrogen-bond donors (Lipinski definition) is 2. The van der Waals surface area contributed by atoms with Gasteiger partial charge in [0, 0.05) is 13.6 Å². The van der Waals surface area contributed by atoms with Gasteiger partial charge in [-0.3, -0.25) is 14.4 Å². The fraction of sp³-hybridized carbons (Fsp3) is 0.786. The first-order valence-electron chi connectivity index (χ1n) is 6.83. The highest BCUT2D eigenvalue weighted by Gasteiger charge is 2.66. The quantitative estimate of drug-likeness (QED) is 0.746. The highest BCUT2D eigenvalue weighted by molar-refractivity contribution is 5.93. The summed E-state index contributed by atoms with van der Waals surface area (Å²) < 4.78 is 0. The van der Waals surface area contributed by atoms with E-state index >= 15 is 0 Å². The summed E-state index contributed by atoms with van der Waals surface area (Å²) in [6.07, 6.45) is 0. The van der Waals surface area contributed by atoms with Gasteiger partial charge in [0.25, 0.3) is 0 Å². The molecule has 0 unspecified atom stereocenters. The lowest BCUT2D eigenvalue weighted by Crippen LogP contribution is -2.40. The zero-order chi connectivity index (χ0) is 15.7. The summed E-state index contributed by atoms with van der Waals surface area (Å²) in [5.41, 5.74) is -0.536. The van der Waals surface area contributed by atoms with Crippen molar-refractivity contribution >= 4 is 17.8 Å². The Kier molecular flexibility index (Phi) is 4.78. The van der Waals surface area contributed by atoms with E-state index in [-0.39, 0.29) is 18.4 Å². The van der Waals surface area contributed by atoms with Gasteiger partial charge in [-0.05, 0) is 11.3 Å². The topological polar surface area (TPSA) is 86.7 Å². The summed E-state index contributed by atoms with van der Waals surface area (Å²) in [5, 5.41) is 11.8. The van der Waals surface area contributed by atoms with Crippen molar-refractivity contribution in [3.8, 4) is 0 Å². The van der Waals surface area contributed by atoms with Gasteiger partial charge < -0.3 is 15.3 Å². The van der Waals surface area contributed by atoms with Crippen LogP contribution in [0.5, 0.6) is 0 Å². The van der Waals surface area contributed by atoms with Gasteiger partial charge in [-0.25, -0.2) is 0 Å². The Morgan fingerprint density at radius 3 is 2.20 bits per heavy atom. The number of hydrogen-bond acceptors (Lipinski definition) is 3. The molecule has 6 heteroatoms. The number of carboxylic acid groups (broad SMARTS) is 1. The van der Waals surface area contributed by atoms with Crippen LogP contribution >= 0.6 is 0 Å². The van der Waals surface area contributed by atoms with Crippen LogP contribution in [-0.2, 0) is 14.4 Å². The minimum atomic E-state index is -0.953. The molecule has 6 nitrogen and oxygen atoms in total. The number of carbonyl (C=O) groups is 3. The number of aliphatic carboxylic acids is 1. The third-order valence-corrected chi connectivity index (χ3v) is 3.82. The number of rotatable bonds is 6. The van der Waals surface area contributed by atoms with Gasteiger partial charge in [0.1, 0.15) is 0 Å². The van der Waals surface area contributed by atoms with Gasteiger partial charge in [-0.2, -0.15) is 0 Å². The lowest BCUT2D eigenvalue weighted by molar-refractivity contribution is -0.142. The van der Waals surface area contributed by atoms with E-state index in [1.54, 1.807) is 13.8 Å². The monoisotopic (exact) mass is 284 g/mol. The number of nitrogens with zero attached hydrogens (tertiary/aromatic N) is 1. The van der Waals surface area contributed by atoms with Crippen molar-refractivity contribution in [1.82, 2.24) is 10.2 Å². The number of likely N-dealkylation sites (N-methyl/N-ethyl adjacent to an activating group) is 1. The van der Waals surface area contributed by atoms with Gasteiger partial charge in [0.05, 0.1) is 18.4 Å². The number of carboxylic acids is 1. The molecule has 1 fully saturated rings. The second kappa shape index (κ2) is 5.81. The summed E-state index contributed by atoms with van der Waals surface area (Å²) >= 11 is 0. The standard InChI is InChI=1S/C14H24N2O4/c1-8(2)6-15-9(17)7-16(5)12(18)10-11(13(19)20)14(10,3)4/h8,10-11H,6-7H2,1-5H3,(H,15,17)(H,19,20)/t10-,11+/m1/s1. The van der Waals surface area contributed by atoms with E-state index < -0.39 is 23.2 Å². The first kappa shape index (κ1) is 16.5. The SMILES string of the molecule is CC(C)CNC(=O)CN(C)C(=O)[C@H]1[C@@H](C(=O)O)C1(C)C. The van der Waals surface area contributed by atoms with Crippen LogP contribution in [0.1, 0.15) is 27.7 Å². The first-order chi connectivity index (χ1) is 9.09. The maximum Gasteiger partial charge on any atom is 0.307 e. The second-order valence-corrected chi connectivity index (χ2v) is 6.51. The van der Waals surface area contributed by atoms with Gasteiger partial charge >= 0.3 is 5.97 Å². The van der Waals surface area contributed by atoms with Gasteiger partial charge in [0.15, 0.2) is 0 Å². The van der Waals surface area contributed by atoms with Crippen LogP contribution in [-0.4, -0.2) is 47.9 Å². The number of nitrogens with one attached hydrogen (secondary N) is 1. The highest BCUT2D eigenvalue weighted by Crippen LogP contribution is 2.58. The molecule has 0 aliphatic heterocycles. The molecule has 1 aliphatic rings. The van der Waals surface area contributed by atoms with Crippen molar-refractivity contribution in [2.75, 3.05) is 20.1 Å². The summed E-state index contributed by atoms with van der Waals surface area (Å²) in [6, 6.07) is 0. The van der Waals surface area contributed by atoms with E-state index in [2.05, 4.69) is 5.32 Å². The molecule has 0 aromatic rings. The molecule has 0 aromatic carbocycles. The van der Waals surface area contributed by atoms with E-state index in [4.69, 9.17) is 5.11 Å². The Morgan fingerprint density at radius 1 is 1.25 bits per heavy atom. The largest absolute Gasteiger partial charge is 0.481 e. The zero-order valence-corrected chi connectivity index (χ0v) is 12.8. The summed E-state index contributed by atoms with van der Waals surface area (Å²) in [6.45, 7) is 8.03. The van der Waals surface area contributed by atoms with E-state index in [0.29, 0.717) is 12.5 Å². The summed E-state index contributed by atoms with van der Waals surface area (Å²) in [4.78, 5) is 36.2. The molecule has 0 heterocycles. The molecule has 20 heavy (non-hydrogen) atoms. The number of carbonyl (C=O) groups excluding carboxylic acids is 2. The van der Waals surface area contributed by atoms with Crippen molar-refractivity contribution < 1.29 is 19.5 Å². The van der Waals surface area contributed by atoms with Crippen molar-refractivity contribution in [2.45, 2.75) is 27.7 Å². The maximum atomic E-state index is 12.2. The van der Waals surface area contributed by atoms with Crippen LogP contribution in [0, 0.1) is 23.2 Å². The molecule has 2 N–H and O–H groups in total. The molecule has 0 spiro atoms. The Labute approximate surface area is 119 Å². The van der Waals surface area contributed by atoms with E-state index in [1.807, 2.05) is 13.8 Å². The Bertz CT molecular complexity index is 417. The minimum absolute atomic E-state index is 0.0372. The van der Waals surface area contributed by atoms with Crippen LogP contribution in [0.15, 0.2) is 0 Å². The molecular weight excluding hydrogens is 260 g/mol. The predicted molar refractivity (Wildman–Crippen MR) is 73.9 cm³/mol. The molecule has 2 atom stereocenters. The van der Waals surface area contributed by atoms with Crippen molar-refractivity contribution in [3.63, 3.8) is 0 Å². The molecule has 1 saturated carbocycles. The van der Waals surface area contributed by atoms with Gasteiger partial charge in [-0.1, -0.05) is 27.7 Å². The Hall–Kier alpha value is -1.59. The molecule has 0 saturated heterocycles. The average molecular weight is 284 g/mol. The Balaban J connectivity index is 2.53. The van der Waals surface area contributed by atoms with E-state index in [9.17, 15) is 14.4 Å². The molecule has 2 amide bonds. The van der Waals surface area contributed by atoms with E-state index in [1.165, 1.54) is 11.9 Å².